The van der Waals surface area contributed by atoms with Crippen LogP contribution < -0.4 is 11.1 Å². The lowest BCUT2D eigenvalue weighted by molar-refractivity contribution is -0.115. The molecule has 2 aromatic heterocycles. The third-order valence-electron chi connectivity index (χ3n) is 2.98. The number of amides is 1. The minimum absolute atomic E-state index is 0.0667. The standard InChI is InChI=1S/C15H20N4OS/c16-7-3-1-2-6-15-19-13(11-21-15)9-14(20)18-12-5-4-8-17-10-12/h4-5,8,10-11H,1-3,6-7,9,16H2,(H,18,20). The van der Waals surface area contributed by atoms with Gasteiger partial charge in [0.25, 0.3) is 0 Å². The molecule has 21 heavy (non-hydrogen) atoms. The van der Waals surface area contributed by atoms with Crippen molar-refractivity contribution < 1.29 is 4.79 Å². The molecular formula is C15H20N4OS. The van der Waals surface area contributed by atoms with Crippen molar-refractivity contribution in [3.05, 3.63) is 40.6 Å². The molecular weight excluding hydrogens is 284 g/mol. The van der Waals surface area contributed by atoms with Crippen molar-refractivity contribution in [3.63, 3.8) is 0 Å². The Balaban J connectivity index is 1.78. The van der Waals surface area contributed by atoms with E-state index in [1.165, 1.54) is 0 Å². The fourth-order valence-corrected chi connectivity index (χ4v) is 2.79. The van der Waals surface area contributed by atoms with Crippen LogP contribution in [0.3, 0.4) is 0 Å². The summed E-state index contributed by atoms with van der Waals surface area (Å²) in [5.74, 6) is -0.0667. The van der Waals surface area contributed by atoms with Crippen molar-refractivity contribution >= 4 is 22.9 Å². The predicted octanol–water partition coefficient (Wildman–Crippen LogP) is 2.39. The van der Waals surface area contributed by atoms with Gasteiger partial charge in [-0.05, 0) is 37.9 Å². The molecule has 0 atom stereocenters. The van der Waals surface area contributed by atoms with Crippen LogP contribution in [0.1, 0.15) is 30.0 Å². The quantitative estimate of drug-likeness (QED) is 0.734. The van der Waals surface area contributed by atoms with Crippen molar-refractivity contribution in [1.82, 2.24) is 9.97 Å². The number of unbranched alkanes of at least 4 members (excludes halogenated alkanes) is 2. The fourth-order valence-electron chi connectivity index (χ4n) is 1.95. The van der Waals surface area contributed by atoms with E-state index in [1.807, 2.05) is 11.4 Å². The van der Waals surface area contributed by atoms with Crippen molar-refractivity contribution in [2.45, 2.75) is 32.1 Å². The number of carbonyl (C=O) groups is 1. The third kappa shape index (κ3) is 5.61. The molecule has 5 nitrogen and oxygen atoms in total. The van der Waals surface area contributed by atoms with Crippen LogP contribution in [0.25, 0.3) is 0 Å². The first-order chi connectivity index (χ1) is 10.3. The highest BCUT2D eigenvalue weighted by Gasteiger charge is 2.08. The van der Waals surface area contributed by atoms with E-state index in [0.717, 1.165) is 42.9 Å². The highest BCUT2D eigenvalue weighted by Crippen LogP contribution is 2.14. The molecule has 6 heteroatoms. The van der Waals surface area contributed by atoms with Crippen molar-refractivity contribution in [2.24, 2.45) is 5.73 Å². The van der Waals surface area contributed by atoms with Gasteiger partial charge in [-0.1, -0.05) is 6.42 Å². The molecule has 0 aromatic carbocycles. The average molecular weight is 304 g/mol. The number of anilines is 1. The minimum Gasteiger partial charge on any atom is -0.330 e. The fraction of sp³-hybridized carbons (Fsp3) is 0.400. The van der Waals surface area contributed by atoms with E-state index in [0.29, 0.717) is 12.1 Å². The number of hydrogen-bond donors (Lipinski definition) is 2. The molecule has 0 saturated carbocycles. The minimum atomic E-state index is -0.0667. The molecule has 0 aliphatic rings. The molecule has 0 aliphatic carbocycles. The lowest BCUT2D eigenvalue weighted by Crippen LogP contribution is -2.14. The van der Waals surface area contributed by atoms with Crippen molar-refractivity contribution in [2.75, 3.05) is 11.9 Å². The Morgan fingerprint density at radius 2 is 2.24 bits per heavy atom. The van der Waals surface area contributed by atoms with Gasteiger partial charge in [0, 0.05) is 11.6 Å². The molecule has 2 rings (SSSR count). The molecule has 2 heterocycles. The van der Waals surface area contributed by atoms with Crippen LogP contribution in [-0.2, 0) is 17.6 Å². The topological polar surface area (TPSA) is 80.9 Å². The number of thiazole rings is 1. The molecule has 0 bridgehead atoms. The lowest BCUT2D eigenvalue weighted by atomic mass is 10.2. The largest absolute Gasteiger partial charge is 0.330 e. The van der Waals surface area contributed by atoms with Crippen molar-refractivity contribution in [3.8, 4) is 0 Å². The zero-order valence-corrected chi connectivity index (χ0v) is 12.7. The Morgan fingerprint density at radius 3 is 3.00 bits per heavy atom. The van der Waals surface area contributed by atoms with E-state index in [4.69, 9.17) is 5.73 Å². The number of nitrogens with zero attached hydrogens (tertiary/aromatic N) is 2. The van der Waals surface area contributed by atoms with E-state index in [2.05, 4.69) is 15.3 Å². The number of aromatic nitrogens is 2. The lowest BCUT2D eigenvalue weighted by Gasteiger charge is -2.02. The van der Waals surface area contributed by atoms with Gasteiger partial charge in [0.05, 0.1) is 29.0 Å². The van der Waals surface area contributed by atoms with E-state index >= 15 is 0 Å². The first-order valence-corrected chi connectivity index (χ1v) is 7.99. The summed E-state index contributed by atoms with van der Waals surface area (Å²) in [5, 5.41) is 5.86. The number of rotatable bonds is 8. The molecule has 0 unspecified atom stereocenters. The Bertz CT molecular complexity index is 556. The van der Waals surface area contributed by atoms with E-state index < -0.39 is 0 Å². The monoisotopic (exact) mass is 304 g/mol. The van der Waals surface area contributed by atoms with Gasteiger partial charge >= 0.3 is 0 Å². The normalized spacial score (nSPS) is 10.5. The number of pyridine rings is 1. The predicted molar refractivity (Wildman–Crippen MR) is 85.3 cm³/mol. The van der Waals surface area contributed by atoms with Crippen LogP contribution >= 0.6 is 11.3 Å². The maximum atomic E-state index is 11.9. The third-order valence-corrected chi connectivity index (χ3v) is 3.94. The summed E-state index contributed by atoms with van der Waals surface area (Å²) in [6.45, 7) is 0.748. The van der Waals surface area contributed by atoms with Crippen LogP contribution in [0.4, 0.5) is 5.69 Å². The van der Waals surface area contributed by atoms with Crippen molar-refractivity contribution in [1.29, 1.82) is 0 Å². The van der Waals surface area contributed by atoms with Gasteiger partial charge in [-0.15, -0.1) is 11.3 Å². The molecule has 1 amide bonds. The Hall–Kier alpha value is -1.79. The summed E-state index contributed by atoms with van der Waals surface area (Å²) < 4.78 is 0. The van der Waals surface area contributed by atoms with E-state index in [-0.39, 0.29) is 5.91 Å². The van der Waals surface area contributed by atoms with Gasteiger partial charge in [0.1, 0.15) is 0 Å². The second-order valence-corrected chi connectivity index (χ2v) is 5.74. The van der Waals surface area contributed by atoms with Crippen LogP contribution in [0.2, 0.25) is 0 Å². The van der Waals surface area contributed by atoms with Gasteiger partial charge in [-0.25, -0.2) is 4.98 Å². The average Bonchev–Trinajstić information content (AvgIpc) is 2.92. The molecule has 2 aromatic rings. The first-order valence-electron chi connectivity index (χ1n) is 7.11. The molecule has 112 valence electrons. The zero-order chi connectivity index (χ0) is 14.9. The van der Waals surface area contributed by atoms with Gasteiger partial charge < -0.3 is 11.1 Å². The highest BCUT2D eigenvalue weighted by molar-refractivity contribution is 7.09. The molecule has 0 spiro atoms. The van der Waals surface area contributed by atoms with Gasteiger partial charge in [-0.2, -0.15) is 0 Å². The zero-order valence-electron chi connectivity index (χ0n) is 11.9. The Labute approximate surface area is 128 Å². The molecule has 3 N–H and O–H groups in total. The second kappa shape index (κ2) is 8.49. The maximum Gasteiger partial charge on any atom is 0.230 e. The Kier molecular flexibility index (Phi) is 6.30. The summed E-state index contributed by atoms with van der Waals surface area (Å²) in [5.41, 5.74) is 7.01. The molecule has 0 saturated heterocycles. The second-order valence-electron chi connectivity index (χ2n) is 4.80. The van der Waals surface area contributed by atoms with Crippen LogP contribution in [0.15, 0.2) is 29.9 Å². The highest BCUT2D eigenvalue weighted by atomic mass is 32.1. The summed E-state index contributed by atoms with van der Waals surface area (Å²) >= 11 is 1.62. The van der Waals surface area contributed by atoms with E-state index in [1.54, 1.807) is 29.8 Å². The SMILES string of the molecule is NCCCCCc1nc(CC(=O)Nc2cccnc2)cs1. The number of aryl methyl sites for hydroxylation is 1. The summed E-state index contributed by atoms with van der Waals surface area (Å²) in [6, 6.07) is 3.60. The summed E-state index contributed by atoms with van der Waals surface area (Å²) in [7, 11) is 0. The van der Waals surface area contributed by atoms with Crippen LogP contribution in [0.5, 0.6) is 0 Å². The number of nitrogens with one attached hydrogen (secondary N) is 1. The first kappa shape index (κ1) is 15.6. The van der Waals surface area contributed by atoms with Gasteiger partial charge in [-0.3, -0.25) is 9.78 Å². The summed E-state index contributed by atoms with van der Waals surface area (Å²) in [4.78, 5) is 20.4. The van der Waals surface area contributed by atoms with E-state index in [9.17, 15) is 4.79 Å². The van der Waals surface area contributed by atoms with Gasteiger partial charge in [0.2, 0.25) is 5.91 Å². The number of carbonyl (C=O) groups excluding carboxylic acids is 1. The van der Waals surface area contributed by atoms with Gasteiger partial charge in [0.15, 0.2) is 0 Å². The smallest absolute Gasteiger partial charge is 0.230 e. The number of hydrogen-bond acceptors (Lipinski definition) is 5. The van der Waals surface area contributed by atoms with Crippen LogP contribution in [-0.4, -0.2) is 22.4 Å². The number of nitrogens with two attached hydrogens (primary N) is 1. The Morgan fingerprint density at radius 1 is 1.33 bits per heavy atom. The maximum absolute atomic E-state index is 11.9. The van der Waals surface area contributed by atoms with Crippen LogP contribution in [0, 0.1) is 0 Å². The molecule has 0 aliphatic heterocycles. The molecule has 0 radical (unpaired) electrons. The summed E-state index contributed by atoms with van der Waals surface area (Å²) in [6.07, 6.45) is 7.86. The molecule has 0 fully saturated rings.